The summed E-state index contributed by atoms with van der Waals surface area (Å²) in [5.41, 5.74) is 1.80. The smallest absolute Gasteiger partial charge is 0.297 e. The highest BCUT2D eigenvalue weighted by atomic mass is 32.2. The van der Waals surface area contributed by atoms with Crippen molar-refractivity contribution in [2.45, 2.75) is 41.0 Å². The lowest BCUT2D eigenvalue weighted by molar-refractivity contribution is 0.123. The molecule has 0 aromatic rings. The van der Waals surface area contributed by atoms with Crippen LogP contribution in [0.5, 0.6) is 0 Å². The highest BCUT2D eigenvalue weighted by Gasteiger charge is 2.36. The summed E-state index contributed by atoms with van der Waals surface area (Å²) in [6.07, 6.45) is 3.18. The van der Waals surface area contributed by atoms with Gasteiger partial charge >= 0.3 is 0 Å². The normalized spacial score (nSPS) is 22.5. The van der Waals surface area contributed by atoms with Gasteiger partial charge in [0.2, 0.25) is 0 Å². The molecule has 18 heavy (non-hydrogen) atoms. The molecule has 0 aromatic heterocycles. The number of hydrogen-bond donors (Lipinski definition) is 0. The second-order valence-electron chi connectivity index (χ2n) is 5.57. The number of amides is 1. The molecule has 1 fully saturated rings. The van der Waals surface area contributed by atoms with Crippen LogP contribution in [0.3, 0.4) is 0 Å². The van der Waals surface area contributed by atoms with Gasteiger partial charge in [-0.05, 0) is 18.8 Å². The van der Waals surface area contributed by atoms with Crippen LogP contribution in [0, 0.1) is 5.41 Å². The minimum absolute atomic E-state index is 0.208. The van der Waals surface area contributed by atoms with E-state index in [0.29, 0.717) is 5.41 Å². The fourth-order valence-corrected chi connectivity index (χ4v) is 3.41. The molecule has 104 valence electrons. The van der Waals surface area contributed by atoms with Crippen LogP contribution in [0.25, 0.3) is 0 Å². The highest BCUT2D eigenvalue weighted by Crippen LogP contribution is 2.35. The van der Waals surface area contributed by atoms with Crippen molar-refractivity contribution in [1.82, 2.24) is 9.21 Å². The SMILES string of the molecule is CC.CC1=CCN(C(=O)SN2CC(C)(C)C2)CC1. The van der Waals surface area contributed by atoms with E-state index in [0.717, 1.165) is 32.6 Å². The van der Waals surface area contributed by atoms with E-state index >= 15 is 0 Å². The lowest BCUT2D eigenvalue weighted by Gasteiger charge is -2.44. The monoisotopic (exact) mass is 270 g/mol. The number of rotatable bonds is 1. The van der Waals surface area contributed by atoms with E-state index in [9.17, 15) is 4.79 Å². The van der Waals surface area contributed by atoms with Crippen LogP contribution < -0.4 is 0 Å². The zero-order chi connectivity index (χ0) is 13.8. The molecule has 0 radical (unpaired) electrons. The van der Waals surface area contributed by atoms with Crippen LogP contribution in [-0.4, -0.2) is 40.6 Å². The summed E-state index contributed by atoms with van der Waals surface area (Å²) in [4.78, 5) is 13.9. The first-order chi connectivity index (χ1) is 8.46. The second kappa shape index (κ2) is 6.62. The van der Waals surface area contributed by atoms with E-state index in [2.05, 4.69) is 31.2 Å². The molecule has 2 aliphatic rings. The molecule has 0 spiro atoms. The molecule has 0 aliphatic carbocycles. The first-order valence-electron chi connectivity index (χ1n) is 6.84. The van der Waals surface area contributed by atoms with Crippen molar-refractivity contribution in [2.75, 3.05) is 26.2 Å². The maximum atomic E-state index is 11.9. The topological polar surface area (TPSA) is 23.6 Å². The van der Waals surface area contributed by atoms with Crippen LogP contribution in [-0.2, 0) is 0 Å². The van der Waals surface area contributed by atoms with E-state index in [4.69, 9.17) is 0 Å². The molecule has 1 saturated heterocycles. The molecule has 4 heteroatoms. The van der Waals surface area contributed by atoms with Crippen LogP contribution in [0.15, 0.2) is 11.6 Å². The van der Waals surface area contributed by atoms with Crippen LogP contribution >= 0.6 is 11.9 Å². The van der Waals surface area contributed by atoms with Crippen molar-refractivity contribution >= 4 is 17.2 Å². The van der Waals surface area contributed by atoms with Crippen LogP contribution in [0.1, 0.15) is 41.0 Å². The predicted molar refractivity (Wildman–Crippen MR) is 79.6 cm³/mol. The van der Waals surface area contributed by atoms with Gasteiger partial charge in [0.05, 0.1) is 0 Å². The van der Waals surface area contributed by atoms with E-state index in [1.807, 2.05) is 18.7 Å². The Morgan fingerprint density at radius 2 is 1.94 bits per heavy atom. The standard InChI is InChI=1S/C12H20N2OS.C2H6/c1-10-4-6-13(7-5-10)11(15)16-14-8-12(2,3)9-14;1-2/h4H,5-9H2,1-3H3;1-2H3. The summed E-state index contributed by atoms with van der Waals surface area (Å²) in [7, 11) is 0. The lowest BCUT2D eigenvalue weighted by atomic mass is 9.87. The zero-order valence-electron chi connectivity index (χ0n) is 12.3. The van der Waals surface area contributed by atoms with Gasteiger partial charge in [-0.25, -0.2) is 4.31 Å². The molecule has 0 bridgehead atoms. The van der Waals surface area contributed by atoms with E-state index in [-0.39, 0.29) is 5.24 Å². The first kappa shape index (κ1) is 15.6. The van der Waals surface area contributed by atoms with E-state index < -0.39 is 0 Å². The fourth-order valence-electron chi connectivity index (χ4n) is 2.08. The van der Waals surface area contributed by atoms with E-state index in [1.165, 1.54) is 17.5 Å². The third-order valence-corrected chi connectivity index (χ3v) is 4.04. The maximum Gasteiger partial charge on any atom is 0.297 e. The van der Waals surface area contributed by atoms with Gasteiger partial charge < -0.3 is 4.90 Å². The Bertz CT molecular complexity index is 318. The van der Waals surface area contributed by atoms with Crippen LogP contribution in [0.2, 0.25) is 0 Å². The van der Waals surface area contributed by atoms with Crippen molar-refractivity contribution in [1.29, 1.82) is 0 Å². The first-order valence-corrected chi connectivity index (χ1v) is 7.61. The number of carbonyl (C=O) groups excluding carboxylic acids is 1. The summed E-state index contributed by atoms with van der Waals surface area (Å²) in [5, 5.41) is 0.208. The molecule has 0 N–H and O–H groups in total. The van der Waals surface area contributed by atoms with Crippen molar-refractivity contribution < 1.29 is 4.79 Å². The summed E-state index contributed by atoms with van der Waals surface area (Å²) in [5.74, 6) is 0. The van der Waals surface area contributed by atoms with Gasteiger partial charge in [-0.2, -0.15) is 0 Å². The van der Waals surface area contributed by atoms with Crippen molar-refractivity contribution in [3.8, 4) is 0 Å². The van der Waals surface area contributed by atoms with Gasteiger partial charge in [0.1, 0.15) is 0 Å². The molecule has 0 unspecified atom stereocenters. The third-order valence-electron chi connectivity index (χ3n) is 3.11. The Morgan fingerprint density at radius 3 is 2.39 bits per heavy atom. The van der Waals surface area contributed by atoms with Crippen molar-refractivity contribution in [3.05, 3.63) is 11.6 Å². The minimum Gasteiger partial charge on any atom is -0.328 e. The maximum absolute atomic E-state index is 11.9. The molecular formula is C14H26N2OS. The predicted octanol–water partition coefficient (Wildman–Crippen LogP) is 3.77. The van der Waals surface area contributed by atoms with Gasteiger partial charge in [-0.15, -0.1) is 0 Å². The Labute approximate surface area is 116 Å². The Kier molecular flexibility index (Phi) is 5.73. The summed E-state index contributed by atoms with van der Waals surface area (Å²) in [6.45, 7) is 14.3. The molecule has 0 aromatic carbocycles. The van der Waals surface area contributed by atoms with Crippen molar-refractivity contribution in [2.24, 2.45) is 5.41 Å². The third kappa shape index (κ3) is 4.32. The van der Waals surface area contributed by atoms with Gasteiger partial charge in [-0.3, -0.25) is 4.79 Å². The summed E-state index contributed by atoms with van der Waals surface area (Å²) in [6, 6.07) is 0. The van der Waals surface area contributed by atoms with E-state index in [1.54, 1.807) is 0 Å². The molecular weight excluding hydrogens is 244 g/mol. The average Bonchev–Trinajstić information content (AvgIpc) is 2.30. The fraction of sp³-hybridized carbons (Fsp3) is 0.786. The quantitative estimate of drug-likeness (QED) is 0.535. The molecule has 0 saturated carbocycles. The van der Waals surface area contributed by atoms with Gasteiger partial charge in [0.25, 0.3) is 5.24 Å². The highest BCUT2D eigenvalue weighted by molar-refractivity contribution is 8.11. The lowest BCUT2D eigenvalue weighted by Crippen LogP contribution is -2.50. The molecule has 3 nitrogen and oxygen atoms in total. The summed E-state index contributed by atoms with van der Waals surface area (Å²) >= 11 is 1.39. The number of carbonyl (C=O) groups is 1. The van der Waals surface area contributed by atoms with Crippen molar-refractivity contribution in [3.63, 3.8) is 0 Å². The largest absolute Gasteiger partial charge is 0.328 e. The molecule has 2 rings (SSSR count). The minimum atomic E-state index is 0.208. The summed E-state index contributed by atoms with van der Waals surface area (Å²) < 4.78 is 2.16. The molecule has 0 atom stereocenters. The number of nitrogens with zero attached hydrogens (tertiary/aromatic N) is 2. The number of hydrogen-bond acceptors (Lipinski definition) is 3. The van der Waals surface area contributed by atoms with Gasteiger partial charge in [0, 0.05) is 38.1 Å². The van der Waals surface area contributed by atoms with Gasteiger partial charge in [-0.1, -0.05) is 39.3 Å². The Balaban J connectivity index is 0.000000771. The second-order valence-corrected chi connectivity index (χ2v) is 6.61. The molecule has 2 aliphatic heterocycles. The Hall–Kier alpha value is -0.480. The van der Waals surface area contributed by atoms with Crippen LogP contribution in [0.4, 0.5) is 4.79 Å². The zero-order valence-corrected chi connectivity index (χ0v) is 13.1. The average molecular weight is 270 g/mol. The molecule has 1 amide bonds. The molecule has 2 heterocycles. The van der Waals surface area contributed by atoms with Gasteiger partial charge in [0.15, 0.2) is 0 Å². The Morgan fingerprint density at radius 1 is 1.33 bits per heavy atom.